The van der Waals surface area contributed by atoms with Crippen molar-refractivity contribution >= 4 is 40.5 Å². The van der Waals surface area contributed by atoms with E-state index in [9.17, 15) is 19.5 Å². The third-order valence-electron chi connectivity index (χ3n) is 7.84. The Morgan fingerprint density at radius 2 is 1.57 bits per heavy atom. The molecule has 6 nitrogen and oxygen atoms in total. The van der Waals surface area contributed by atoms with Crippen LogP contribution in [-0.4, -0.2) is 34.2 Å². The molecular formula is C33H27ClN2O4. The minimum atomic E-state index is -1.25. The van der Waals surface area contributed by atoms with Gasteiger partial charge in [-0.25, -0.2) is 4.79 Å². The van der Waals surface area contributed by atoms with Crippen LogP contribution >= 0.6 is 11.6 Å². The van der Waals surface area contributed by atoms with Crippen LogP contribution in [0.4, 0.5) is 11.4 Å². The Kier molecular flexibility index (Phi) is 6.72. The molecule has 3 aromatic carbocycles. The van der Waals surface area contributed by atoms with E-state index in [0.717, 1.165) is 23.5 Å². The zero-order chi connectivity index (χ0) is 27.9. The second-order valence-corrected chi connectivity index (χ2v) is 11.0. The summed E-state index contributed by atoms with van der Waals surface area (Å²) in [6, 6.07) is 24.8. The highest BCUT2D eigenvalue weighted by atomic mass is 35.5. The first-order valence-corrected chi connectivity index (χ1v) is 13.7. The number of aromatic carboxylic acids is 1. The van der Waals surface area contributed by atoms with Gasteiger partial charge in [-0.3, -0.25) is 14.6 Å². The average molecular weight is 551 g/mol. The van der Waals surface area contributed by atoms with Gasteiger partial charge in [0.1, 0.15) is 5.69 Å². The second-order valence-electron chi connectivity index (χ2n) is 10.6. The molecule has 200 valence electrons. The van der Waals surface area contributed by atoms with E-state index in [2.05, 4.69) is 9.88 Å². The topological polar surface area (TPSA) is 87.6 Å². The lowest BCUT2D eigenvalue weighted by Gasteiger charge is -2.25. The smallest absolute Gasteiger partial charge is 0.336 e. The summed E-state index contributed by atoms with van der Waals surface area (Å²) in [5.74, 6) is -1.26. The summed E-state index contributed by atoms with van der Waals surface area (Å²) in [5, 5.41) is 10.6. The zero-order valence-electron chi connectivity index (χ0n) is 21.7. The lowest BCUT2D eigenvalue weighted by atomic mass is 9.85. The number of Topliss-reactive ketones (excluding diaryl/α,β-unsaturated/α-hetero) is 1. The molecule has 4 aromatic rings. The molecule has 0 saturated heterocycles. The largest absolute Gasteiger partial charge is 0.478 e. The van der Waals surface area contributed by atoms with Crippen molar-refractivity contribution in [2.45, 2.75) is 31.1 Å². The van der Waals surface area contributed by atoms with Gasteiger partial charge in [0, 0.05) is 28.4 Å². The van der Waals surface area contributed by atoms with Crippen molar-refractivity contribution in [2.24, 2.45) is 5.92 Å². The van der Waals surface area contributed by atoms with E-state index in [1.807, 2.05) is 60.7 Å². The van der Waals surface area contributed by atoms with Crippen LogP contribution in [0.1, 0.15) is 68.0 Å². The van der Waals surface area contributed by atoms with E-state index in [0.29, 0.717) is 23.8 Å². The number of halogens is 1. The van der Waals surface area contributed by atoms with E-state index in [1.54, 1.807) is 12.3 Å². The fourth-order valence-electron chi connectivity index (χ4n) is 5.21. The molecule has 0 bridgehead atoms. The van der Waals surface area contributed by atoms with Crippen LogP contribution in [0.25, 0.3) is 0 Å². The number of nitrogens with zero attached hydrogens (tertiary/aromatic N) is 2. The van der Waals surface area contributed by atoms with Gasteiger partial charge in [0.15, 0.2) is 5.78 Å². The first-order chi connectivity index (χ1) is 19.4. The molecule has 6 rings (SSSR count). The van der Waals surface area contributed by atoms with Crippen LogP contribution in [0.3, 0.4) is 0 Å². The van der Waals surface area contributed by atoms with Crippen molar-refractivity contribution in [3.05, 3.63) is 124 Å². The number of ketones is 2. The monoisotopic (exact) mass is 550 g/mol. The van der Waals surface area contributed by atoms with Crippen LogP contribution in [0.5, 0.6) is 0 Å². The molecular weight excluding hydrogens is 524 g/mol. The number of benzene rings is 3. The number of anilines is 2. The Bertz CT molecular complexity index is 1590. The summed E-state index contributed by atoms with van der Waals surface area (Å²) in [7, 11) is 0. The van der Waals surface area contributed by atoms with Crippen LogP contribution in [0.15, 0.2) is 91.1 Å². The molecule has 1 aromatic heterocycles. The third kappa shape index (κ3) is 5.03. The maximum Gasteiger partial charge on any atom is 0.336 e. The highest BCUT2D eigenvalue weighted by molar-refractivity contribution is 6.30. The van der Waals surface area contributed by atoms with Gasteiger partial charge in [-0.05, 0) is 85.7 Å². The van der Waals surface area contributed by atoms with Crippen molar-refractivity contribution in [2.75, 3.05) is 11.4 Å². The Labute approximate surface area is 237 Å². The summed E-state index contributed by atoms with van der Waals surface area (Å²) in [4.78, 5) is 45.7. The second kappa shape index (κ2) is 10.4. The predicted octanol–water partition coefficient (Wildman–Crippen LogP) is 7.13. The zero-order valence-corrected chi connectivity index (χ0v) is 22.5. The number of carbonyl (C=O) groups is 3. The van der Waals surface area contributed by atoms with Crippen molar-refractivity contribution < 1.29 is 19.5 Å². The molecule has 1 N–H and O–H groups in total. The lowest BCUT2D eigenvalue weighted by Crippen LogP contribution is -2.23. The summed E-state index contributed by atoms with van der Waals surface area (Å²) in [5.41, 5.74) is 2.35. The van der Waals surface area contributed by atoms with Gasteiger partial charge in [0.2, 0.25) is 5.78 Å². The Morgan fingerprint density at radius 3 is 2.17 bits per heavy atom. The molecule has 7 heteroatoms. The number of hydrogen-bond acceptors (Lipinski definition) is 5. The van der Waals surface area contributed by atoms with Crippen LogP contribution in [0, 0.1) is 5.92 Å². The molecule has 0 unspecified atom stereocenters. The van der Waals surface area contributed by atoms with Crippen LogP contribution < -0.4 is 4.90 Å². The predicted molar refractivity (Wildman–Crippen MR) is 154 cm³/mol. The first kappa shape index (κ1) is 26.0. The van der Waals surface area contributed by atoms with Gasteiger partial charge in [-0.15, -0.1) is 0 Å². The number of carbonyl (C=O) groups excluding carboxylic acids is 2. The summed E-state index contributed by atoms with van der Waals surface area (Å²) in [6.07, 6.45) is 5.37. The number of rotatable bonds is 10. The minimum Gasteiger partial charge on any atom is -0.478 e. The van der Waals surface area contributed by atoms with Gasteiger partial charge >= 0.3 is 5.97 Å². The molecule has 0 atom stereocenters. The maximum absolute atomic E-state index is 13.6. The normalized spacial score (nSPS) is 15.3. The number of hydrogen-bond donors (Lipinski definition) is 1. The van der Waals surface area contributed by atoms with Crippen LogP contribution in [-0.2, 0) is 5.41 Å². The third-order valence-corrected chi connectivity index (χ3v) is 8.09. The van der Waals surface area contributed by atoms with E-state index in [-0.39, 0.29) is 28.2 Å². The highest BCUT2D eigenvalue weighted by Gasteiger charge is 2.51. The molecule has 2 aliphatic rings. The fraction of sp³-hybridized carbons (Fsp3) is 0.212. The van der Waals surface area contributed by atoms with Gasteiger partial charge in [0.05, 0.1) is 22.9 Å². The highest BCUT2D eigenvalue weighted by Crippen LogP contribution is 2.50. The summed E-state index contributed by atoms with van der Waals surface area (Å²) >= 11 is 6.08. The molecule has 0 amide bonds. The quantitative estimate of drug-likeness (QED) is 0.211. The number of carboxylic acids is 1. The Morgan fingerprint density at radius 1 is 0.875 bits per heavy atom. The van der Waals surface area contributed by atoms with E-state index < -0.39 is 17.2 Å². The van der Waals surface area contributed by atoms with Gasteiger partial charge in [-0.2, -0.15) is 0 Å². The molecule has 2 saturated carbocycles. The summed E-state index contributed by atoms with van der Waals surface area (Å²) < 4.78 is 0. The SMILES string of the molecule is O=C(c1ccc(C(=O)C2(c3ccccc3)CC2)c(C(=O)O)c1)c1ccc(N(CC2CC2)c2ccc(Cl)cc2)cn1. The lowest BCUT2D eigenvalue weighted by molar-refractivity contribution is 0.0691. The first-order valence-electron chi connectivity index (χ1n) is 13.4. The number of carboxylic acid groups (broad SMARTS) is 1. The number of pyridine rings is 1. The molecule has 2 aliphatic carbocycles. The van der Waals surface area contributed by atoms with E-state index in [4.69, 9.17) is 11.6 Å². The molecule has 0 radical (unpaired) electrons. The Hall–Kier alpha value is -4.29. The molecule has 1 heterocycles. The molecule has 0 aliphatic heterocycles. The van der Waals surface area contributed by atoms with Crippen molar-refractivity contribution in [3.63, 3.8) is 0 Å². The fourth-order valence-corrected chi connectivity index (χ4v) is 5.34. The van der Waals surface area contributed by atoms with Crippen molar-refractivity contribution in [1.82, 2.24) is 4.98 Å². The van der Waals surface area contributed by atoms with Crippen molar-refractivity contribution in [1.29, 1.82) is 0 Å². The van der Waals surface area contributed by atoms with Crippen LogP contribution in [0.2, 0.25) is 5.02 Å². The molecule has 0 spiro atoms. The molecule has 40 heavy (non-hydrogen) atoms. The van der Waals surface area contributed by atoms with E-state index >= 15 is 0 Å². The maximum atomic E-state index is 13.6. The minimum absolute atomic E-state index is 0.118. The van der Waals surface area contributed by atoms with Crippen molar-refractivity contribution in [3.8, 4) is 0 Å². The standard InChI is InChI=1S/C33H27ClN2O4/c34-24-9-11-25(12-10-24)36(20-21-6-7-21)26-13-15-29(35-19-26)30(37)22-8-14-27(28(18-22)32(39)40)31(38)33(16-17-33)23-4-2-1-3-5-23/h1-5,8-15,18-19,21H,6-7,16-17,20H2,(H,39,40). The Balaban J connectivity index is 1.26. The summed E-state index contributed by atoms with van der Waals surface area (Å²) in [6.45, 7) is 0.846. The van der Waals surface area contributed by atoms with Gasteiger partial charge in [0.25, 0.3) is 0 Å². The van der Waals surface area contributed by atoms with Gasteiger partial charge in [-0.1, -0.05) is 48.0 Å². The average Bonchev–Trinajstić information content (AvgIpc) is 3.92. The van der Waals surface area contributed by atoms with E-state index in [1.165, 1.54) is 31.0 Å². The number of aromatic nitrogens is 1. The van der Waals surface area contributed by atoms with Gasteiger partial charge < -0.3 is 10.0 Å². The molecule has 2 fully saturated rings.